The van der Waals surface area contributed by atoms with Gasteiger partial charge in [0.1, 0.15) is 6.61 Å². The third-order valence-corrected chi connectivity index (χ3v) is 5.81. The molecule has 1 aromatic carbocycles. The Bertz CT molecular complexity index is 860. The number of amides is 1. The molecular weight excluding hydrogens is 342 g/mol. The Morgan fingerprint density at radius 3 is 2.85 bits per heavy atom. The van der Waals surface area contributed by atoms with Gasteiger partial charge in [-0.15, -0.1) is 0 Å². The third-order valence-electron chi connectivity index (χ3n) is 5.81. The molecule has 1 aliphatic heterocycles. The van der Waals surface area contributed by atoms with Crippen LogP contribution in [0.3, 0.4) is 0 Å². The number of aromatic amines is 1. The minimum Gasteiger partial charge on any atom is -0.494 e. The van der Waals surface area contributed by atoms with Gasteiger partial charge in [0.15, 0.2) is 5.88 Å². The highest BCUT2D eigenvalue weighted by atomic mass is 16.3. The van der Waals surface area contributed by atoms with Crippen molar-refractivity contribution < 1.29 is 15.0 Å². The van der Waals surface area contributed by atoms with Gasteiger partial charge in [0.05, 0.1) is 23.3 Å². The number of nitrogens with one attached hydrogen (secondary N) is 2. The molecule has 1 aromatic heterocycles. The first-order valence-corrected chi connectivity index (χ1v) is 9.45. The monoisotopic (exact) mass is 367 g/mol. The lowest BCUT2D eigenvalue weighted by Gasteiger charge is -2.42. The predicted molar refractivity (Wildman–Crippen MR) is 104 cm³/mol. The van der Waals surface area contributed by atoms with Crippen LogP contribution in [0.15, 0.2) is 37.0 Å². The summed E-state index contributed by atoms with van der Waals surface area (Å²) in [6.45, 7) is 3.35. The van der Waals surface area contributed by atoms with Gasteiger partial charge in [-0.25, -0.2) is 0 Å². The molecule has 0 spiro atoms. The number of aromatic hydroxyl groups is 1. The number of carbonyl (C=O) groups is 1. The highest BCUT2D eigenvalue weighted by molar-refractivity contribution is 5.81. The molecule has 0 bridgehead atoms. The number of fused-ring (bicyclic) bond motifs is 2. The lowest BCUT2D eigenvalue weighted by atomic mass is 9.87. The maximum Gasteiger partial charge on any atom is 0.249 e. The van der Waals surface area contributed by atoms with E-state index in [0.717, 1.165) is 42.5 Å². The van der Waals surface area contributed by atoms with Gasteiger partial charge in [-0.3, -0.25) is 4.79 Å². The number of aromatic nitrogens is 1. The van der Waals surface area contributed by atoms with Crippen LogP contribution in [0.1, 0.15) is 48.4 Å². The zero-order chi connectivity index (χ0) is 19.0. The van der Waals surface area contributed by atoms with Crippen molar-refractivity contribution in [1.82, 2.24) is 9.88 Å². The van der Waals surface area contributed by atoms with Crippen LogP contribution >= 0.6 is 0 Å². The van der Waals surface area contributed by atoms with E-state index in [1.54, 1.807) is 17.2 Å². The molecule has 6 heteroatoms. The average Bonchev–Trinajstić information content (AvgIpc) is 2.98. The van der Waals surface area contributed by atoms with Crippen LogP contribution in [0.2, 0.25) is 0 Å². The standard InChI is InChI=1S/C21H25N3O3/c1-2-13-7-3-4-8-14(13)20-19-16(11-22-21(19)27)23-15-9-5-6-10-17(15)24(20)18(26)12-25/h2-4,7-8,11,15,17,20,22-23,25,27H,1,5-6,9-10,12H2/t15-,17-,20-/m1/s1. The average molecular weight is 367 g/mol. The molecule has 6 nitrogen and oxygen atoms in total. The zero-order valence-electron chi connectivity index (χ0n) is 15.2. The highest BCUT2D eigenvalue weighted by Crippen LogP contribution is 2.46. The number of anilines is 1. The summed E-state index contributed by atoms with van der Waals surface area (Å²) < 4.78 is 0. The van der Waals surface area contributed by atoms with E-state index < -0.39 is 12.6 Å². The normalized spacial score (nSPS) is 24.3. The molecule has 2 aliphatic rings. The predicted octanol–water partition coefficient (Wildman–Crippen LogP) is 3.01. The number of rotatable bonds is 3. The minimum absolute atomic E-state index is 0.0377. The van der Waals surface area contributed by atoms with Crippen LogP contribution in [0.5, 0.6) is 5.88 Å². The van der Waals surface area contributed by atoms with Crippen LogP contribution in [0, 0.1) is 0 Å². The van der Waals surface area contributed by atoms with E-state index in [9.17, 15) is 15.0 Å². The van der Waals surface area contributed by atoms with E-state index in [-0.39, 0.29) is 23.9 Å². The van der Waals surface area contributed by atoms with E-state index in [4.69, 9.17) is 0 Å². The number of hydrogen-bond acceptors (Lipinski definition) is 4. The topological polar surface area (TPSA) is 88.6 Å². The third kappa shape index (κ3) is 2.90. The molecule has 3 atom stereocenters. The van der Waals surface area contributed by atoms with Crippen LogP contribution < -0.4 is 5.32 Å². The molecule has 1 saturated carbocycles. The highest BCUT2D eigenvalue weighted by Gasteiger charge is 2.43. The van der Waals surface area contributed by atoms with Crippen LogP contribution in [0.4, 0.5) is 5.69 Å². The Hall–Kier alpha value is -2.73. The number of nitrogens with zero attached hydrogens (tertiary/aromatic N) is 1. The number of aliphatic hydroxyl groups excluding tert-OH is 1. The molecule has 0 radical (unpaired) electrons. The van der Waals surface area contributed by atoms with E-state index in [1.165, 1.54) is 0 Å². The van der Waals surface area contributed by atoms with Gasteiger partial charge in [0.2, 0.25) is 5.91 Å². The molecule has 2 heterocycles. The van der Waals surface area contributed by atoms with E-state index >= 15 is 0 Å². The first kappa shape index (κ1) is 17.7. The molecule has 4 rings (SSSR count). The Balaban J connectivity index is 1.96. The van der Waals surface area contributed by atoms with Gasteiger partial charge < -0.3 is 25.4 Å². The molecule has 0 unspecified atom stereocenters. The lowest BCUT2D eigenvalue weighted by Crippen LogP contribution is -2.52. The maximum atomic E-state index is 12.9. The number of carbonyl (C=O) groups excluding carboxylic acids is 1. The van der Waals surface area contributed by atoms with Crippen molar-refractivity contribution in [3.8, 4) is 5.88 Å². The first-order chi connectivity index (χ1) is 13.2. The molecule has 0 saturated heterocycles. The summed E-state index contributed by atoms with van der Waals surface area (Å²) in [5.41, 5.74) is 3.24. The summed E-state index contributed by atoms with van der Waals surface area (Å²) in [7, 11) is 0. The Labute approximate surface area is 158 Å². The van der Waals surface area contributed by atoms with Crippen molar-refractivity contribution in [2.24, 2.45) is 0 Å². The fourth-order valence-electron chi connectivity index (χ4n) is 4.62. The van der Waals surface area contributed by atoms with Gasteiger partial charge in [-0.05, 0) is 24.0 Å². The quantitative estimate of drug-likeness (QED) is 0.671. The lowest BCUT2D eigenvalue weighted by molar-refractivity contribution is -0.139. The van der Waals surface area contributed by atoms with Gasteiger partial charge in [-0.1, -0.05) is 49.8 Å². The fraction of sp³-hybridized carbons (Fsp3) is 0.381. The van der Waals surface area contributed by atoms with Gasteiger partial charge >= 0.3 is 0 Å². The second-order valence-electron chi connectivity index (χ2n) is 7.26. The summed E-state index contributed by atoms with van der Waals surface area (Å²) in [6, 6.07) is 7.29. The number of hydrogen-bond donors (Lipinski definition) is 4. The molecule has 27 heavy (non-hydrogen) atoms. The molecule has 1 aliphatic carbocycles. The molecule has 4 N–H and O–H groups in total. The fourth-order valence-corrected chi connectivity index (χ4v) is 4.62. The van der Waals surface area contributed by atoms with E-state index in [0.29, 0.717) is 5.56 Å². The van der Waals surface area contributed by atoms with Crippen molar-refractivity contribution in [2.75, 3.05) is 11.9 Å². The molecular formula is C21H25N3O3. The first-order valence-electron chi connectivity index (χ1n) is 9.45. The summed E-state index contributed by atoms with van der Waals surface area (Å²) in [4.78, 5) is 17.6. The van der Waals surface area contributed by atoms with Crippen LogP contribution in [0.25, 0.3) is 6.08 Å². The number of benzene rings is 1. The Kier molecular flexibility index (Phi) is 4.66. The largest absolute Gasteiger partial charge is 0.494 e. The number of H-pyrrole nitrogens is 1. The number of aliphatic hydroxyl groups is 1. The van der Waals surface area contributed by atoms with E-state index in [1.807, 2.05) is 24.3 Å². The Morgan fingerprint density at radius 1 is 1.30 bits per heavy atom. The molecule has 2 aromatic rings. The van der Waals surface area contributed by atoms with Crippen molar-refractivity contribution in [2.45, 2.75) is 43.8 Å². The second-order valence-corrected chi connectivity index (χ2v) is 7.26. The summed E-state index contributed by atoms with van der Waals surface area (Å²) in [6.07, 6.45) is 7.46. The second kappa shape index (κ2) is 7.12. The van der Waals surface area contributed by atoms with Gasteiger partial charge in [-0.2, -0.15) is 0 Å². The zero-order valence-corrected chi connectivity index (χ0v) is 15.2. The summed E-state index contributed by atoms with van der Waals surface area (Å²) >= 11 is 0. The van der Waals surface area contributed by atoms with Crippen molar-refractivity contribution in [3.05, 3.63) is 53.7 Å². The minimum atomic E-state index is -0.559. The molecule has 142 valence electrons. The SMILES string of the molecule is C=Cc1ccccc1[C@@H]1c2c(c[nH]c2O)N[C@@H]2CCCC[C@H]2N1C(=O)CO. The van der Waals surface area contributed by atoms with Crippen molar-refractivity contribution in [1.29, 1.82) is 0 Å². The smallest absolute Gasteiger partial charge is 0.249 e. The Morgan fingerprint density at radius 2 is 2.07 bits per heavy atom. The summed E-state index contributed by atoms with van der Waals surface area (Å²) in [5.74, 6) is -0.290. The van der Waals surface area contributed by atoms with Crippen LogP contribution in [-0.2, 0) is 4.79 Å². The van der Waals surface area contributed by atoms with Crippen molar-refractivity contribution >= 4 is 17.7 Å². The van der Waals surface area contributed by atoms with Gasteiger partial charge in [0, 0.05) is 12.2 Å². The van der Waals surface area contributed by atoms with Crippen molar-refractivity contribution in [3.63, 3.8) is 0 Å². The molecule has 1 fully saturated rings. The molecule has 1 amide bonds. The van der Waals surface area contributed by atoms with Crippen LogP contribution in [-0.4, -0.2) is 44.7 Å². The summed E-state index contributed by atoms with van der Waals surface area (Å²) in [5, 5.41) is 23.9. The van der Waals surface area contributed by atoms with Gasteiger partial charge in [0.25, 0.3) is 0 Å². The maximum absolute atomic E-state index is 12.9. The van der Waals surface area contributed by atoms with E-state index in [2.05, 4.69) is 16.9 Å².